The van der Waals surface area contributed by atoms with Crippen LogP contribution in [0, 0.1) is 4.77 Å². The number of ether oxygens (including phenoxy) is 1. The summed E-state index contributed by atoms with van der Waals surface area (Å²) in [6.45, 7) is -0.975. The number of rotatable bonds is 5. The molecule has 106 valence electrons. The molecule has 5 nitrogen and oxygen atoms in total. The second-order valence-corrected chi connectivity index (χ2v) is 4.16. The van der Waals surface area contributed by atoms with Gasteiger partial charge in [0, 0.05) is 12.0 Å². The zero-order chi connectivity index (χ0) is 14.5. The van der Waals surface area contributed by atoms with Gasteiger partial charge in [0.15, 0.2) is 5.82 Å². The van der Waals surface area contributed by atoms with Crippen LogP contribution in [0.15, 0.2) is 29.4 Å². The molecule has 1 heterocycles. The highest BCUT2D eigenvalue weighted by Gasteiger charge is 2.08. The maximum Gasteiger partial charge on any atom is 0.387 e. The van der Waals surface area contributed by atoms with Gasteiger partial charge in [-0.15, -0.1) is 0 Å². The van der Waals surface area contributed by atoms with E-state index in [-0.39, 0.29) is 5.75 Å². The molecule has 0 atom stereocenters. The van der Waals surface area contributed by atoms with E-state index in [2.05, 4.69) is 20.0 Å². The van der Waals surface area contributed by atoms with Gasteiger partial charge in [-0.1, -0.05) is 19.1 Å². The summed E-state index contributed by atoms with van der Waals surface area (Å²) in [5.41, 5.74) is 0.429. The topological polar surface area (TPSA) is 55.2 Å². The van der Waals surface area contributed by atoms with E-state index in [1.165, 1.54) is 17.0 Å². The number of hydrogen-bond acceptors (Lipinski definition) is 4. The lowest BCUT2D eigenvalue weighted by Gasteiger charge is -2.06. The predicted molar refractivity (Wildman–Crippen MR) is 72.9 cm³/mol. The zero-order valence-electron chi connectivity index (χ0n) is 10.6. The monoisotopic (exact) mass is 298 g/mol. The van der Waals surface area contributed by atoms with Crippen LogP contribution in [-0.4, -0.2) is 27.7 Å². The minimum atomic E-state index is -2.88. The van der Waals surface area contributed by atoms with Gasteiger partial charge in [-0.05, 0) is 24.4 Å². The summed E-state index contributed by atoms with van der Waals surface area (Å²) in [5.74, 6) is 0.706. The van der Waals surface area contributed by atoms with Crippen molar-refractivity contribution in [3.63, 3.8) is 0 Å². The third-order valence-electron chi connectivity index (χ3n) is 2.48. The van der Waals surface area contributed by atoms with E-state index in [1.807, 2.05) is 6.92 Å². The Balaban J connectivity index is 2.32. The highest BCUT2D eigenvalue weighted by atomic mass is 32.1. The van der Waals surface area contributed by atoms with E-state index in [0.717, 1.165) is 0 Å². The third-order valence-corrected chi connectivity index (χ3v) is 2.75. The van der Waals surface area contributed by atoms with Crippen molar-refractivity contribution in [1.82, 2.24) is 14.9 Å². The standard InChI is InChI=1S/C12H12F2N4OS/c1-2-10-16-17-12(20)18(10)15-7-8-5-3-4-6-9(8)19-11(13)14/h3-7,11H,2H2,1H3,(H,17,20)/b15-7-. The third kappa shape index (κ3) is 3.27. The summed E-state index contributed by atoms with van der Waals surface area (Å²) in [6.07, 6.45) is 2.04. The van der Waals surface area contributed by atoms with E-state index in [1.54, 1.807) is 18.2 Å². The van der Waals surface area contributed by atoms with Crippen molar-refractivity contribution in [2.75, 3.05) is 0 Å². The van der Waals surface area contributed by atoms with Crippen molar-refractivity contribution in [1.29, 1.82) is 0 Å². The summed E-state index contributed by atoms with van der Waals surface area (Å²) in [5, 5.41) is 10.8. The molecule has 0 aliphatic carbocycles. The van der Waals surface area contributed by atoms with Gasteiger partial charge < -0.3 is 4.74 Å². The van der Waals surface area contributed by atoms with Gasteiger partial charge in [0.05, 0.1) is 6.21 Å². The minimum absolute atomic E-state index is 0.0549. The van der Waals surface area contributed by atoms with Crippen LogP contribution in [0.3, 0.4) is 0 Å². The lowest BCUT2D eigenvalue weighted by atomic mass is 10.2. The molecule has 20 heavy (non-hydrogen) atoms. The van der Waals surface area contributed by atoms with Gasteiger partial charge in [0.25, 0.3) is 0 Å². The predicted octanol–water partition coefficient (Wildman–Crippen LogP) is 2.99. The number of halogens is 2. The first-order valence-corrected chi connectivity index (χ1v) is 6.27. The first kappa shape index (κ1) is 14.3. The molecule has 0 unspecified atom stereocenters. The lowest BCUT2D eigenvalue weighted by Crippen LogP contribution is -2.04. The molecule has 2 rings (SSSR count). The number of nitrogens with zero attached hydrogens (tertiary/aromatic N) is 3. The Morgan fingerprint density at radius 2 is 2.25 bits per heavy atom. The molecule has 0 saturated heterocycles. The second-order valence-electron chi connectivity index (χ2n) is 3.77. The fourth-order valence-electron chi connectivity index (χ4n) is 1.58. The van der Waals surface area contributed by atoms with Gasteiger partial charge in [0.2, 0.25) is 4.77 Å². The Hall–Kier alpha value is -2.09. The molecule has 0 aliphatic heterocycles. The van der Waals surface area contributed by atoms with Gasteiger partial charge in [0.1, 0.15) is 5.75 Å². The molecule has 0 aliphatic rings. The molecule has 1 aromatic heterocycles. The number of aromatic amines is 1. The number of hydrogen-bond donors (Lipinski definition) is 1. The Kier molecular flexibility index (Phi) is 4.57. The molecule has 0 fully saturated rings. The van der Waals surface area contributed by atoms with Crippen LogP contribution in [0.2, 0.25) is 0 Å². The number of alkyl halides is 2. The number of benzene rings is 1. The van der Waals surface area contributed by atoms with Crippen molar-refractivity contribution < 1.29 is 13.5 Å². The number of para-hydroxylation sites is 1. The van der Waals surface area contributed by atoms with Crippen LogP contribution in [0.1, 0.15) is 18.3 Å². The van der Waals surface area contributed by atoms with Crippen LogP contribution in [0.25, 0.3) is 0 Å². The van der Waals surface area contributed by atoms with Crippen LogP contribution >= 0.6 is 12.2 Å². The fourth-order valence-corrected chi connectivity index (χ4v) is 1.78. The molecule has 1 N–H and O–H groups in total. The van der Waals surface area contributed by atoms with E-state index in [4.69, 9.17) is 12.2 Å². The van der Waals surface area contributed by atoms with Crippen LogP contribution in [-0.2, 0) is 6.42 Å². The molecule has 1 aromatic carbocycles. The van der Waals surface area contributed by atoms with Gasteiger partial charge in [-0.3, -0.25) is 5.10 Å². The van der Waals surface area contributed by atoms with E-state index >= 15 is 0 Å². The van der Waals surface area contributed by atoms with Crippen LogP contribution in [0.5, 0.6) is 5.75 Å². The van der Waals surface area contributed by atoms with Crippen molar-refractivity contribution in [3.8, 4) is 5.75 Å². The lowest BCUT2D eigenvalue weighted by molar-refractivity contribution is -0.0499. The first-order valence-electron chi connectivity index (χ1n) is 5.86. The molecule has 0 amide bonds. The number of nitrogens with one attached hydrogen (secondary N) is 1. The molecule has 2 aromatic rings. The number of aromatic nitrogens is 3. The molecule has 8 heteroatoms. The SMILES string of the molecule is CCc1n[nH]c(=S)n1/N=C\c1ccccc1OC(F)F. The fraction of sp³-hybridized carbons (Fsp3) is 0.250. The quantitative estimate of drug-likeness (QED) is 0.682. The second kappa shape index (κ2) is 6.38. The molecular weight excluding hydrogens is 286 g/mol. The maximum atomic E-state index is 12.3. The van der Waals surface area contributed by atoms with Crippen molar-refractivity contribution >= 4 is 18.4 Å². The average Bonchev–Trinajstić information content (AvgIpc) is 2.78. The maximum absolute atomic E-state index is 12.3. The van der Waals surface area contributed by atoms with E-state index in [0.29, 0.717) is 22.6 Å². The molecule has 0 saturated carbocycles. The molecule has 0 radical (unpaired) electrons. The highest BCUT2D eigenvalue weighted by Crippen LogP contribution is 2.18. The van der Waals surface area contributed by atoms with Crippen LogP contribution in [0.4, 0.5) is 8.78 Å². The van der Waals surface area contributed by atoms with Crippen molar-refractivity contribution in [2.45, 2.75) is 20.0 Å². The Morgan fingerprint density at radius 1 is 1.50 bits per heavy atom. The van der Waals surface area contributed by atoms with Crippen molar-refractivity contribution in [2.24, 2.45) is 5.10 Å². The summed E-state index contributed by atoms with van der Waals surface area (Å²) in [6, 6.07) is 6.38. The van der Waals surface area contributed by atoms with Crippen molar-refractivity contribution in [3.05, 3.63) is 40.4 Å². The number of aryl methyl sites for hydroxylation is 1. The minimum Gasteiger partial charge on any atom is -0.434 e. The Morgan fingerprint density at radius 3 is 2.95 bits per heavy atom. The summed E-state index contributed by atoms with van der Waals surface area (Å²) >= 11 is 5.04. The molecular formula is C12H12F2N4OS. The highest BCUT2D eigenvalue weighted by molar-refractivity contribution is 7.71. The average molecular weight is 298 g/mol. The summed E-state index contributed by atoms with van der Waals surface area (Å²) < 4.78 is 30.8. The van der Waals surface area contributed by atoms with Gasteiger partial charge in [-0.25, -0.2) is 0 Å². The first-order chi connectivity index (χ1) is 9.61. The number of H-pyrrole nitrogens is 1. The summed E-state index contributed by atoms with van der Waals surface area (Å²) in [7, 11) is 0. The van der Waals surface area contributed by atoms with Crippen LogP contribution < -0.4 is 4.74 Å². The Bertz CT molecular complexity index is 665. The van der Waals surface area contributed by atoms with Gasteiger partial charge >= 0.3 is 6.61 Å². The molecule has 0 bridgehead atoms. The Labute approximate surface area is 118 Å². The zero-order valence-corrected chi connectivity index (χ0v) is 11.4. The smallest absolute Gasteiger partial charge is 0.387 e. The summed E-state index contributed by atoms with van der Waals surface area (Å²) in [4.78, 5) is 0. The van der Waals surface area contributed by atoms with Gasteiger partial charge in [-0.2, -0.15) is 23.7 Å². The normalized spacial score (nSPS) is 11.4. The van der Waals surface area contributed by atoms with E-state index < -0.39 is 6.61 Å². The van der Waals surface area contributed by atoms with E-state index in [9.17, 15) is 8.78 Å². The largest absolute Gasteiger partial charge is 0.434 e. The molecule has 0 spiro atoms.